The minimum absolute atomic E-state index is 0.124. The second-order valence-corrected chi connectivity index (χ2v) is 8.11. The van der Waals surface area contributed by atoms with Crippen LogP contribution in [0.25, 0.3) is 0 Å². The van der Waals surface area contributed by atoms with E-state index in [1.54, 1.807) is 0 Å². The Labute approximate surface area is 148 Å². The van der Waals surface area contributed by atoms with E-state index in [1.807, 2.05) is 51.1 Å². The Morgan fingerprint density at radius 3 is 2.50 bits per heavy atom. The summed E-state index contributed by atoms with van der Waals surface area (Å²) in [5.74, 6) is 0.0962. The van der Waals surface area contributed by atoms with Gasteiger partial charge in [0.05, 0.1) is 5.75 Å². The summed E-state index contributed by atoms with van der Waals surface area (Å²) in [6, 6.07) is 8.90. The van der Waals surface area contributed by atoms with Crippen LogP contribution in [0.4, 0.5) is 15.6 Å². The zero-order valence-electron chi connectivity index (χ0n) is 13.6. The SMILES string of the molecule is CC(C)(C)NC(=O)Nc1nnc(SCC(=O)Nc2ccccc2)s1. The highest BCUT2D eigenvalue weighted by Gasteiger charge is 2.15. The monoisotopic (exact) mass is 365 g/mol. The number of hydrogen-bond donors (Lipinski definition) is 3. The standard InChI is InChI=1S/C15H19N5O2S2/c1-15(2,3)18-12(22)17-13-19-20-14(24-13)23-9-11(21)16-10-7-5-4-6-8-10/h4-8H,9H2,1-3H3,(H,16,21)(H2,17,18,19,22). The summed E-state index contributed by atoms with van der Waals surface area (Å²) >= 11 is 2.49. The van der Waals surface area contributed by atoms with E-state index in [1.165, 1.54) is 23.1 Å². The van der Waals surface area contributed by atoms with Gasteiger partial charge in [0, 0.05) is 11.2 Å². The van der Waals surface area contributed by atoms with Crippen molar-refractivity contribution in [2.24, 2.45) is 0 Å². The lowest BCUT2D eigenvalue weighted by Crippen LogP contribution is -2.43. The molecule has 9 heteroatoms. The van der Waals surface area contributed by atoms with Gasteiger partial charge in [-0.15, -0.1) is 10.2 Å². The molecule has 0 aliphatic carbocycles. The molecule has 128 valence electrons. The van der Waals surface area contributed by atoms with Crippen molar-refractivity contribution in [2.45, 2.75) is 30.6 Å². The van der Waals surface area contributed by atoms with Gasteiger partial charge in [0.2, 0.25) is 11.0 Å². The van der Waals surface area contributed by atoms with Crippen molar-refractivity contribution in [3.8, 4) is 0 Å². The molecule has 0 spiro atoms. The van der Waals surface area contributed by atoms with Gasteiger partial charge in [-0.25, -0.2) is 4.79 Å². The number of nitrogens with one attached hydrogen (secondary N) is 3. The Balaban J connectivity index is 1.79. The fraction of sp³-hybridized carbons (Fsp3) is 0.333. The largest absolute Gasteiger partial charge is 0.333 e. The molecule has 1 heterocycles. The Morgan fingerprint density at radius 1 is 1.12 bits per heavy atom. The molecule has 2 rings (SSSR count). The Morgan fingerprint density at radius 2 is 1.83 bits per heavy atom. The third kappa shape index (κ3) is 6.55. The van der Waals surface area contributed by atoms with E-state index in [0.29, 0.717) is 9.47 Å². The van der Waals surface area contributed by atoms with E-state index < -0.39 is 0 Å². The van der Waals surface area contributed by atoms with E-state index in [0.717, 1.165) is 5.69 Å². The van der Waals surface area contributed by atoms with Crippen molar-refractivity contribution < 1.29 is 9.59 Å². The fourth-order valence-corrected chi connectivity index (χ4v) is 3.18. The number of urea groups is 1. The van der Waals surface area contributed by atoms with Crippen LogP contribution in [0, 0.1) is 0 Å². The third-order valence-electron chi connectivity index (χ3n) is 2.50. The zero-order valence-corrected chi connectivity index (χ0v) is 15.3. The van der Waals surface area contributed by atoms with Gasteiger partial charge in [-0.05, 0) is 32.9 Å². The van der Waals surface area contributed by atoms with Crippen LogP contribution >= 0.6 is 23.1 Å². The van der Waals surface area contributed by atoms with Gasteiger partial charge in [0.25, 0.3) is 0 Å². The second-order valence-electron chi connectivity index (χ2n) is 5.91. The first-order chi connectivity index (χ1) is 11.3. The quantitative estimate of drug-likeness (QED) is 0.559. The average molecular weight is 365 g/mol. The molecule has 0 radical (unpaired) electrons. The van der Waals surface area contributed by atoms with Crippen LogP contribution in [0.15, 0.2) is 34.7 Å². The van der Waals surface area contributed by atoms with Crippen molar-refractivity contribution in [1.29, 1.82) is 0 Å². The average Bonchev–Trinajstić information content (AvgIpc) is 2.91. The second kappa shape index (κ2) is 8.11. The smallest absolute Gasteiger partial charge is 0.321 e. The van der Waals surface area contributed by atoms with Crippen molar-refractivity contribution in [1.82, 2.24) is 15.5 Å². The maximum Gasteiger partial charge on any atom is 0.321 e. The van der Waals surface area contributed by atoms with Crippen molar-refractivity contribution in [3.63, 3.8) is 0 Å². The maximum absolute atomic E-state index is 11.9. The third-order valence-corrected chi connectivity index (χ3v) is 4.47. The van der Waals surface area contributed by atoms with E-state index >= 15 is 0 Å². The molecular weight excluding hydrogens is 346 g/mol. The number of aromatic nitrogens is 2. The molecule has 0 atom stereocenters. The molecule has 7 nitrogen and oxygen atoms in total. The Hall–Kier alpha value is -2.13. The first kappa shape index (κ1) is 18.2. The number of carbonyl (C=O) groups is 2. The topological polar surface area (TPSA) is 96.0 Å². The highest BCUT2D eigenvalue weighted by molar-refractivity contribution is 8.01. The van der Waals surface area contributed by atoms with Crippen LogP contribution in [0.3, 0.4) is 0 Å². The van der Waals surface area contributed by atoms with Gasteiger partial charge in [0.15, 0.2) is 4.34 Å². The maximum atomic E-state index is 11.9. The number of hydrogen-bond acceptors (Lipinski definition) is 6. The predicted molar refractivity (Wildman–Crippen MR) is 97.6 cm³/mol. The van der Waals surface area contributed by atoms with E-state index in [4.69, 9.17) is 0 Å². The molecule has 1 aromatic carbocycles. The zero-order chi connectivity index (χ0) is 17.6. The molecule has 0 saturated heterocycles. The van der Waals surface area contributed by atoms with E-state index in [-0.39, 0.29) is 23.2 Å². The van der Waals surface area contributed by atoms with Gasteiger partial charge < -0.3 is 10.6 Å². The van der Waals surface area contributed by atoms with Crippen LogP contribution in [-0.2, 0) is 4.79 Å². The Kier molecular flexibility index (Phi) is 6.16. The van der Waals surface area contributed by atoms with Crippen molar-refractivity contribution in [2.75, 3.05) is 16.4 Å². The molecular formula is C15H19N5O2S2. The van der Waals surface area contributed by atoms with E-state index in [9.17, 15) is 9.59 Å². The highest BCUT2D eigenvalue weighted by Crippen LogP contribution is 2.25. The molecule has 0 saturated carbocycles. The fourth-order valence-electron chi connectivity index (χ4n) is 1.63. The molecule has 24 heavy (non-hydrogen) atoms. The van der Waals surface area contributed by atoms with Crippen molar-refractivity contribution in [3.05, 3.63) is 30.3 Å². The van der Waals surface area contributed by atoms with Crippen molar-refractivity contribution >= 4 is 45.9 Å². The number of amides is 3. The van der Waals surface area contributed by atoms with Crippen LogP contribution in [0.5, 0.6) is 0 Å². The molecule has 0 aliphatic rings. The molecule has 3 N–H and O–H groups in total. The molecule has 1 aromatic heterocycles. The van der Waals surface area contributed by atoms with E-state index in [2.05, 4.69) is 26.1 Å². The minimum Gasteiger partial charge on any atom is -0.333 e. The van der Waals surface area contributed by atoms with Gasteiger partial charge in [0.1, 0.15) is 0 Å². The molecule has 0 fully saturated rings. The first-order valence-corrected chi connectivity index (χ1v) is 9.02. The Bertz CT molecular complexity index is 697. The van der Waals surface area contributed by atoms with Crippen LogP contribution in [0.1, 0.15) is 20.8 Å². The number of benzene rings is 1. The summed E-state index contributed by atoms with van der Waals surface area (Å²) in [6.07, 6.45) is 0. The van der Waals surface area contributed by atoms with Gasteiger partial charge in [-0.1, -0.05) is 41.3 Å². The number of nitrogens with zero attached hydrogens (tertiary/aromatic N) is 2. The lowest BCUT2D eigenvalue weighted by Gasteiger charge is -2.19. The normalized spacial score (nSPS) is 11.0. The summed E-state index contributed by atoms with van der Waals surface area (Å²) in [4.78, 5) is 23.6. The number of rotatable bonds is 5. The lowest BCUT2D eigenvalue weighted by molar-refractivity contribution is -0.113. The summed E-state index contributed by atoms with van der Waals surface area (Å²) in [6.45, 7) is 5.66. The summed E-state index contributed by atoms with van der Waals surface area (Å²) in [5.41, 5.74) is 0.420. The number of anilines is 2. The summed E-state index contributed by atoms with van der Waals surface area (Å²) < 4.78 is 0.615. The number of thioether (sulfide) groups is 1. The van der Waals surface area contributed by atoms with Crippen LogP contribution in [-0.4, -0.2) is 33.4 Å². The molecule has 2 aromatic rings. The highest BCUT2D eigenvalue weighted by atomic mass is 32.2. The molecule has 0 aliphatic heterocycles. The van der Waals surface area contributed by atoms with Gasteiger partial charge in [-0.2, -0.15) is 0 Å². The van der Waals surface area contributed by atoms with Crippen LogP contribution in [0.2, 0.25) is 0 Å². The molecule has 0 bridgehead atoms. The first-order valence-electron chi connectivity index (χ1n) is 7.22. The predicted octanol–water partition coefficient (Wildman–Crippen LogP) is 3.19. The molecule has 0 unspecified atom stereocenters. The number of carbonyl (C=O) groups excluding carboxylic acids is 2. The van der Waals surface area contributed by atoms with Crippen LogP contribution < -0.4 is 16.0 Å². The number of para-hydroxylation sites is 1. The van der Waals surface area contributed by atoms with Gasteiger partial charge >= 0.3 is 6.03 Å². The molecule has 3 amide bonds. The summed E-state index contributed by atoms with van der Waals surface area (Å²) in [5, 5.41) is 16.4. The minimum atomic E-state index is -0.336. The van der Waals surface area contributed by atoms with Gasteiger partial charge in [-0.3, -0.25) is 10.1 Å². The lowest BCUT2D eigenvalue weighted by atomic mass is 10.1. The summed E-state index contributed by atoms with van der Waals surface area (Å²) in [7, 11) is 0.